The maximum Gasteiger partial charge on any atom is 0.220 e. The van der Waals surface area contributed by atoms with E-state index in [1.165, 1.54) is 25.7 Å². The Morgan fingerprint density at radius 3 is 2.72 bits per heavy atom. The van der Waals surface area contributed by atoms with Crippen LogP contribution in [0.15, 0.2) is 6.20 Å². The molecule has 2 aromatic rings. The topological polar surface area (TPSA) is 86.3 Å². The van der Waals surface area contributed by atoms with Gasteiger partial charge >= 0.3 is 0 Å². The van der Waals surface area contributed by atoms with Crippen molar-refractivity contribution in [2.45, 2.75) is 53.4 Å². The molecule has 0 aliphatic carbocycles. The number of nitriles is 1. The molecule has 0 radical (unpaired) electrons. The van der Waals surface area contributed by atoms with Crippen molar-refractivity contribution < 1.29 is 4.79 Å². The fraction of sp³-hybridized carbons (Fsp3) is 0.636. The van der Waals surface area contributed by atoms with Gasteiger partial charge in [0.05, 0.1) is 6.20 Å². The van der Waals surface area contributed by atoms with Gasteiger partial charge in [-0.2, -0.15) is 10.4 Å². The molecule has 2 aromatic heterocycles. The predicted molar refractivity (Wildman–Crippen MR) is 113 cm³/mol. The third-order valence-electron chi connectivity index (χ3n) is 5.85. The second-order valence-corrected chi connectivity index (χ2v) is 8.58. The van der Waals surface area contributed by atoms with Crippen molar-refractivity contribution in [3.05, 3.63) is 28.7 Å². The van der Waals surface area contributed by atoms with Crippen LogP contribution in [-0.4, -0.2) is 51.6 Å². The molecule has 1 aliphatic heterocycles. The predicted octanol–water partition coefficient (Wildman–Crippen LogP) is 2.63. The summed E-state index contributed by atoms with van der Waals surface area (Å²) < 4.78 is 1.69. The van der Waals surface area contributed by atoms with Crippen LogP contribution in [0, 0.1) is 37.0 Å². The highest BCUT2D eigenvalue weighted by atomic mass is 16.1. The Morgan fingerprint density at radius 1 is 1.31 bits per heavy atom. The summed E-state index contributed by atoms with van der Waals surface area (Å²) in [5.74, 6) is 1.61. The van der Waals surface area contributed by atoms with Gasteiger partial charge in [0.1, 0.15) is 11.6 Å². The number of carbonyl (C=O) groups is 1. The first-order chi connectivity index (χ1) is 13.9. The van der Waals surface area contributed by atoms with Crippen LogP contribution >= 0.6 is 0 Å². The van der Waals surface area contributed by atoms with Gasteiger partial charge in [-0.25, -0.2) is 9.50 Å². The zero-order chi connectivity index (χ0) is 21.0. The van der Waals surface area contributed by atoms with Gasteiger partial charge in [-0.05, 0) is 57.1 Å². The van der Waals surface area contributed by atoms with E-state index in [4.69, 9.17) is 5.26 Å². The molecule has 1 N–H and O–H groups in total. The van der Waals surface area contributed by atoms with Gasteiger partial charge in [-0.1, -0.05) is 13.8 Å². The van der Waals surface area contributed by atoms with E-state index < -0.39 is 0 Å². The van der Waals surface area contributed by atoms with Crippen LogP contribution in [0.3, 0.4) is 0 Å². The molecule has 1 amide bonds. The SMILES string of the molecule is Cc1nc2c(C#N)cnn2c(C)c1CCC(=O)NCCCN1CC(C)CC(C)C1. The van der Waals surface area contributed by atoms with Crippen LogP contribution in [0.2, 0.25) is 0 Å². The number of hydrogen-bond donors (Lipinski definition) is 1. The summed E-state index contributed by atoms with van der Waals surface area (Å²) in [4.78, 5) is 19.3. The molecule has 1 saturated heterocycles. The number of fused-ring (bicyclic) bond motifs is 1. The largest absolute Gasteiger partial charge is 0.356 e. The number of piperidine rings is 1. The number of nitrogens with zero attached hydrogens (tertiary/aromatic N) is 5. The van der Waals surface area contributed by atoms with Crippen LogP contribution in [0.1, 0.15) is 55.6 Å². The van der Waals surface area contributed by atoms with E-state index in [0.29, 0.717) is 24.1 Å². The van der Waals surface area contributed by atoms with Crippen molar-refractivity contribution in [3.8, 4) is 6.07 Å². The molecule has 29 heavy (non-hydrogen) atoms. The van der Waals surface area contributed by atoms with E-state index in [9.17, 15) is 4.79 Å². The maximum atomic E-state index is 12.3. The van der Waals surface area contributed by atoms with Crippen molar-refractivity contribution in [2.24, 2.45) is 11.8 Å². The molecular weight excluding hydrogens is 364 g/mol. The lowest BCUT2D eigenvalue weighted by atomic mass is 9.92. The molecule has 0 bridgehead atoms. The van der Waals surface area contributed by atoms with E-state index in [1.807, 2.05) is 13.8 Å². The molecule has 3 heterocycles. The van der Waals surface area contributed by atoms with Gasteiger partial charge in [-0.3, -0.25) is 4.79 Å². The van der Waals surface area contributed by atoms with E-state index in [0.717, 1.165) is 48.3 Å². The highest BCUT2D eigenvalue weighted by Gasteiger charge is 2.21. The maximum absolute atomic E-state index is 12.3. The molecule has 2 unspecified atom stereocenters. The number of rotatable bonds is 7. The van der Waals surface area contributed by atoms with Crippen molar-refractivity contribution in [2.75, 3.05) is 26.2 Å². The van der Waals surface area contributed by atoms with Crippen molar-refractivity contribution in [3.63, 3.8) is 0 Å². The Labute approximate surface area is 173 Å². The summed E-state index contributed by atoms with van der Waals surface area (Å²) in [5, 5.41) is 16.5. The first kappa shape index (κ1) is 21.3. The van der Waals surface area contributed by atoms with E-state index in [2.05, 4.69) is 40.2 Å². The molecule has 0 aromatic carbocycles. The number of aromatic nitrogens is 3. The Balaban J connectivity index is 1.47. The summed E-state index contributed by atoms with van der Waals surface area (Å²) in [6.45, 7) is 12.7. The number of amides is 1. The Bertz CT molecular complexity index is 902. The van der Waals surface area contributed by atoms with E-state index in [1.54, 1.807) is 4.52 Å². The van der Waals surface area contributed by atoms with Crippen LogP contribution < -0.4 is 5.32 Å². The molecule has 7 heteroatoms. The number of aryl methyl sites for hydroxylation is 2. The van der Waals surface area contributed by atoms with Gasteiger partial charge in [0.25, 0.3) is 0 Å². The third kappa shape index (κ3) is 5.13. The number of likely N-dealkylation sites (tertiary alicyclic amines) is 1. The van der Waals surface area contributed by atoms with Gasteiger partial charge in [-0.15, -0.1) is 0 Å². The van der Waals surface area contributed by atoms with Gasteiger partial charge in [0, 0.05) is 37.4 Å². The lowest BCUT2D eigenvalue weighted by Gasteiger charge is -2.34. The average molecular weight is 397 g/mol. The molecule has 7 nitrogen and oxygen atoms in total. The molecule has 3 rings (SSSR count). The lowest BCUT2D eigenvalue weighted by Crippen LogP contribution is -2.40. The summed E-state index contributed by atoms with van der Waals surface area (Å²) in [7, 11) is 0. The fourth-order valence-corrected chi connectivity index (χ4v) is 4.58. The molecular formula is C22H32N6O. The first-order valence-corrected chi connectivity index (χ1v) is 10.6. The van der Waals surface area contributed by atoms with Gasteiger partial charge in [0.15, 0.2) is 5.65 Å². The Hall–Kier alpha value is -2.46. The van der Waals surface area contributed by atoms with Crippen molar-refractivity contribution >= 4 is 11.6 Å². The minimum absolute atomic E-state index is 0.0717. The molecule has 0 saturated carbocycles. The minimum Gasteiger partial charge on any atom is -0.356 e. The quantitative estimate of drug-likeness (QED) is 0.727. The van der Waals surface area contributed by atoms with Gasteiger partial charge in [0.2, 0.25) is 5.91 Å². The highest BCUT2D eigenvalue weighted by Crippen LogP contribution is 2.21. The zero-order valence-electron chi connectivity index (χ0n) is 18.0. The van der Waals surface area contributed by atoms with Crippen molar-refractivity contribution in [1.82, 2.24) is 24.8 Å². The summed E-state index contributed by atoms with van der Waals surface area (Å²) in [6.07, 6.45) is 4.90. The molecule has 1 aliphatic rings. The fourth-order valence-electron chi connectivity index (χ4n) is 4.58. The monoisotopic (exact) mass is 396 g/mol. The van der Waals surface area contributed by atoms with Crippen LogP contribution in [0.25, 0.3) is 5.65 Å². The number of nitrogens with one attached hydrogen (secondary N) is 1. The normalized spacial score (nSPS) is 20.0. The second-order valence-electron chi connectivity index (χ2n) is 8.58. The van der Waals surface area contributed by atoms with Crippen molar-refractivity contribution in [1.29, 1.82) is 5.26 Å². The molecule has 0 spiro atoms. The van der Waals surface area contributed by atoms with Gasteiger partial charge < -0.3 is 10.2 Å². The Kier molecular flexibility index (Phi) is 6.86. The van der Waals surface area contributed by atoms with Crippen LogP contribution in [0.5, 0.6) is 0 Å². The smallest absolute Gasteiger partial charge is 0.220 e. The van der Waals surface area contributed by atoms with E-state index >= 15 is 0 Å². The summed E-state index contributed by atoms with van der Waals surface area (Å²) >= 11 is 0. The second kappa shape index (κ2) is 9.36. The lowest BCUT2D eigenvalue weighted by molar-refractivity contribution is -0.121. The number of hydrogen-bond acceptors (Lipinski definition) is 5. The minimum atomic E-state index is 0.0717. The van der Waals surface area contributed by atoms with Crippen LogP contribution in [0.4, 0.5) is 0 Å². The standard InChI is InChI=1S/C22H32N6O/c1-15-10-16(2)14-27(13-15)9-5-8-24-21(29)7-6-20-17(3)26-22-19(11-23)12-25-28(22)18(20)4/h12,15-16H,5-10,13-14H2,1-4H3,(H,24,29). The third-order valence-corrected chi connectivity index (χ3v) is 5.85. The summed E-state index contributed by atoms with van der Waals surface area (Å²) in [6, 6.07) is 2.12. The number of carbonyl (C=O) groups excluding carboxylic acids is 1. The highest BCUT2D eigenvalue weighted by molar-refractivity contribution is 5.76. The summed E-state index contributed by atoms with van der Waals surface area (Å²) in [5.41, 5.74) is 3.87. The zero-order valence-corrected chi connectivity index (χ0v) is 18.0. The van der Waals surface area contributed by atoms with Crippen LogP contribution in [-0.2, 0) is 11.2 Å². The molecule has 156 valence electrons. The molecule has 1 fully saturated rings. The molecule has 2 atom stereocenters. The Morgan fingerprint density at radius 2 is 2.03 bits per heavy atom. The first-order valence-electron chi connectivity index (χ1n) is 10.6. The van der Waals surface area contributed by atoms with E-state index in [-0.39, 0.29) is 5.91 Å². The average Bonchev–Trinajstić information content (AvgIpc) is 3.07.